The molecule has 0 spiro atoms. The van der Waals surface area contributed by atoms with E-state index in [1.54, 1.807) is 0 Å². The Kier molecular flexibility index (Phi) is 1.24. The second-order valence-electron chi connectivity index (χ2n) is 3.08. The predicted octanol–water partition coefficient (Wildman–Crippen LogP) is -0.678. The Hall–Kier alpha value is -0.570. The summed E-state index contributed by atoms with van der Waals surface area (Å²) in [5.41, 5.74) is 3.37. The van der Waals surface area contributed by atoms with E-state index in [-0.39, 0.29) is 17.6 Å². The summed E-state index contributed by atoms with van der Waals surface area (Å²) in [6, 6.07) is -0.153. The van der Waals surface area contributed by atoms with Crippen molar-refractivity contribution in [3.8, 4) is 0 Å². The van der Waals surface area contributed by atoms with Gasteiger partial charge in [-0.15, -0.1) is 0 Å². The van der Waals surface area contributed by atoms with Crippen LogP contribution in [-0.2, 0) is 9.53 Å². The third-order valence-electron chi connectivity index (χ3n) is 1.45. The maximum Gasteiger partial charge on any atom is 0.365 e. The van der Waals surface area contributed by atoms with Crippen molar-refractivity contribution in [3.63, 3.8) is 0 Å². The summed E-state index contributed by atoms with van der Waals surface area (Å²) in [5, 5.41) is 0. The maximum absolute atomic E-state index is 10.7. The van der Waals surface area contributed by atoms with E-state index in [2.05, 4.69) is 5.73 Å². The van der Waals surface area contributed by atoms with Gasteiger partial charge in [-0.2, -0.15) is 0 Å². The lowest BCUT2D eigenvalue weighted by molar-refractivity contribution is -0.402. The molecule has 0 aromatic heterocycles. The SMILES string of the molecule is CC1(C)CC([NH3+])C(=O)O1. The van der Waals surface area contributed by atoms with Gasteiger partial charge in [0.25, 0.3) is 0 Å². The van der Waals surface area contributed by atoms with Gasteiger partial charge in [0.1, 0.15) is 5.60 Å². The summed E-state index contributed by atoms with van der Waals surface area (Å²) in [4.78, 5) is 10.7. The van der Waals surface area contributed by atoms with Crippen molar-refractivity contribution in [2.45, 2.75) is 31.9 Å². The standard InChI is InChI=1S/C6H11NO2/c1-6(2)3-4(7)5(8)9-6/h4H,3,7H2,1-2H3/p+1. The largest absolute Gasteiger partial charge is 0.455 e. The zero-order chi connectivity index (χ0) is 7.07. The number of cyclic esters (lactones) is 1. The third-order valence-corrected chi connectivity index (χ3v) is 1.45. The van der Waals surface area contributed by atoms with E-state index >= 15 is 0 Å². The molecule has 1 fully saturated rings. The lowest BCUT2D eigenvalue weighted by Crippen LogP contribution is -2.63. The molecule has 3 N–H and O–H groups in total. The highest BCUT2D eigenvalue weighted by Crippen LogP contribution is 2.23. The van der Waals surface area contributed by atoms with Gasteiger partial charge >= 0.3 is 5.97 Å². The summed E-state index contributed by atoms with van der Waals surface area (Å²) in [5.74, 6) is -0.167. The number of quaternary nitrogens is 1. The van der Waals surface area contributed by atoms with Crippen LogP contribution in [0.5, 0.6) is 0 Å². The summed E-state index contributed by atoms with van der Waals surface area (Å²) in [6.07, 6.45) is 0.742. The smallest absolute Gasteiger partial charge is 0.365 e. The second kappa shape index (κ2) is 1.70. The van der Waals surface area contributed by atoms with Crippen molar-refractivity contribution in [3.05, 3.63) is 0 Å². The molecule has 0 saturated carbocycles. The van der Waals surface area contributed by atoms with Crippen molar-refractivity contribution in [2.75, 3.05) is 0 Å². The molecule has 0 radical (unpaired) electrons. The Morgan fingerprint density at radius 1 is 1.78 bits per heavy atom. The van der Waals surface area contributed by atoms with E-state index in [0.29, 0.717) is 0 Å². The monoisotopic (exact) mass is 130 g/mol. The fourth-order valence-electron chi connectivity index (χ4n) is 1.07. The molecule has 1 aliphatic rings. The molecule has 0 aromatic rings. The van der Waals surface area contributed by atoms with E-state index in [1.807, 2.05) is 13.8 Å². The lowest BCUT2D eigenvalue weighted by Gasteiger charge is -2.13. The minimum atomic E-state index is -0.274. The number of rotatable bonds is 0. The van der Waals surface area contributed by atoms with Crippen LogP contribution in [0.25, 0.3) is 0 Å². The summed E-state index contributed by atoms with van der Waals surface area (Å²) >= 11 is 0. The van der Waals surface area contributed by atoms with Crippen LogP contribution in [0, 0.1) is 0 Å². The molecule has 0 bridgehead atoms. The normalized spacial score (nSPS) is 32.3. The van der Waals surface area contributed by atoms with Crippen LogP contribution in [0.15, 0.2) is 0 Å². The Morgan fingerprint density at radius 3 is 2.44 bits per heavy atom. The van der Waals surface area contributed by atoms with Crippen molar-refractivity contribution in [1.29, 1.82) is 0 Å². The molecule has 1 saturated heterocycles. The second-order valence-corrected chi connectivity index (χ2v) is 3.08. The fraction of sp³-hybridized carbons (Fsp3) is 0.833. The molecule has 1 atom stereocenters. The minimum absolute atomic E-state index is 0.153. The molecule has 3 nitrogen and oxygen atoms in total. The first-order valence-corrected chi connectivity index (χ1v) is 3.07. The van der Waals surface area contributed by atoms with Gasteiger partial charge in [-0.05, 0) is 13.8 Å². The number of carbonyl (C=O) groups is 1. The van der Waals surface area contributed by atoms with E-state index in [9.17, 15) is 4.79 Å². The molecule has 0 aromatic carbocycles. The molecule has 9 heavy (non-hydrogen) atoms. The van der Waals surface area contributed by atoms with E-state index in [0.717, 1.165) is 6.42 Å². The lowest BCUT2D eigenvalue weighted by atomic mass is 10.0. The zero-order valence-electron chi connectivity index (χ0n) is 5.81. The quantitative estimate of drug-likeness (QED) is 0.442. The minimum Gasteiger partial charge on any atom is -0.455 e. The number of ether oxygens (including phenoxy) is 1. The number of hydrogen-bond donors (Lipinski definition) is 1. The Morgan fingerprint density at radius 2 is 2.33 bits per heavy atom. The first kappa shape index (κ1) is 6.55. The van der Waals surface area contributed by atoms with Gasteiger partial charge in [0.15, 0.2) is 6.04 Å². The Labute approximate surface area is 54.2 Å². The summed E-state index contributed by atoms with van der Waals surface area (Å²) < 4.78 is 4.96. The molecule has 0 aliphatic carbocycles. The highest BCUT2D eigenvalue weighted by atomic mass is 16.6. The van der Waals surface area contributed by atoms with Crippen LogP contribution in [-0.4, -0.2) is 17.6 Å². The van der Waals surface area contributed by atoms with Crippen LogP contribution < -0.4 is 5.73 Å². The zero-order valence-corrected chi connectivity index (χ0v) is 5.81. The Balaban J connectivity index is 2.65. The molecular weight excluding hydrogens is 118 g/mol. The Bertz CT molecular complexity index is 142. The summed E-state index contributed by atoms with van der Waals surface area (Å²) in [7, 11) is 0. The fourth-order valence-corrected chi connectivity index (χ4v) is 1.07. The van der Waals surface area contributed by atoms with Crippen molar-refractivity contribution < 1.29 is 15.3 Å². The van der Waals surface area contributed by atoms with Gasteiger partial charge in [0.05, 0.1) is 0 Å². The highest BCUT2D eigenvalue weighted by Gasteiger charge is 2.40. The van der Waals surface area contributed by atoms with Crippen LogP contribution >= 0.6 is 0 Å². The topological polar surface area (TPSA) is 53.9 Å². The molecule has 52 valence electrons. The molecule has 1 heterocycles. The van der Waals surface area contributed by atoms with E-state index in [1.165, 1.54) is 0 Å². The van der Waals surface area contributed by atoms with Gasteiger partial charge in [0, 0.05) is 6.42 Å². The van der Waals surface area contributed by atoms with Crippen molar-refractivity contribution >= 4 is 5.97 Å². The van der Waals surface area contributed by atoms with E-state index < -0.39 is 0 Å². The van der Waals surface area contributed by atoms with Gasteiger partial charge in [-0.3, -0.25) is 0 Å². The van der Waals surface area contributed by atoms with Gasteiger partial charge in [-0.1, -0.05) is 0 Å². The van der Waals surface area contributed by atoms with E-state index in [4.69, 9.17) is 4.74 Å². The number of esters is 1. The molecule has 0 amide bonds. The first-order chi connectivity index (χ1) is 4.01. The van der Waals surface area contributed by atoms with Crippen molar-refractivity contribution in [2.24, 2.45) is 0 Å². The average molecular weight is 130 g/mol. The van der Waals surface area contributed by atoms with Gasteiger partial charge in [0.2, 0.25) is 0 Å². The van der Waals surface area contributed by atoms with Crippen LogP contribution in [0.2, 0.25) is 0 Å². The predicted molar refractivity (Wildman–Crippen MR) is 31.5 cm³/mol. The molecule has 1 rings (SSSR count). The molecular formula is C6H12NO2+. The first-order valence-electron chi connectivity index (χ1n) is 3.07. The van der Waals surface area contributed by atoms with Crippen LogP contribution in [0.1, 0.15) is 20.3 Å². The average Bonchev–Trinajstić information content (AvgIpc) is 1.79. The third kappa shape index (κ3) is 1.21. The van der Waals surface area contributed by atoms with Crippen LogP contribution in [0.4, 0.5) is 0 Å². The van der Waals surface area contributed by atoms with Gasteiger partial charge < -0.3 is 10.5 Å². The number of carbonyl (C=O) groups excluding carboxylic acids is 1. The maximum atomic E-state index is 10.7. The van der Waals surface area contributed by atoms with Crippen LogP contribution in [0.3, 0.4) is 0 Å². The molecule has 1 aliphatic heterocycles. The number of hydrogen-bond acceptors (Lipinski definition) is 2. The van der Waals surface area contributed by atoms with Gasteiger partial charge in [-0.25, -0.2) is 4.79 Å². The molecule has 3 heteroatoms. The van der Waals surface area contributed by atoms with Crippen molar-refractivity contribution in [1.82, 2.24) is 0 Å². The molecule has 1 unspecified atom stereocenters. The highest BCUT2D eigenvalue weighted by molar-refractivity contribution is 5.76. The summed E-state index contributed by atoms with van der Waals surface area (Å²) in [6.45, 7) is 3.80.